The van der Waals surface area contributed by atoms with Gasteiger partial charge in [-0.15, -0.1) is 48.0 Å². The summed E-state index contributed by atoms with van der Waals surface area (Å²) in [4.78, 5) is 8.53. The van der Waals surface area contributed by atoms with Crippen molar-refractivity contribution in [2.24, 2.45) is 0 Å². The maximum Gasteiger partial charge on any atom is 0.501 e. The molecule has 7 aromatic rings. The van der Waals surface area contributed by atoms with E-state index >= 15 is 0 Å². The second-order valence-electron chi connectivity index (χ2n) is 9.14. The van der Waals surface area contributed by atoms with E-state index < -0.39 is 0 Å². The SMILES string of the molecule is C1=[N+](c2[c-]cc3oc4ncccc4c3c2)c2ccccc2[N+]=1c1ccccc1.[Ir].[c-]1ccccc1-c1ccccn1. The molecular weight excluding hydrogens is 685 g/mol. The molecule has 1 aliphatic heterocycles. The van der Waals surface area contributed by atoms with Crippen LogP contribution in [0.4, 0.5) is 22.7 Å². The van der Waals surface area contributed by atoms with Gasteiger partial charge in [0.15, 0.2) is 0 Å². The molecule has 5 nitrogen and oxygen atoms in total. The predicted octanol–water partition coefficient (Wildman–Crippen LogP) is 8.18. The van der Waals surface area contributed by atoms with Gasteiger partial charge >= 0.3 is 6.01 Å². The zero-order valence-electron chi connectivity index (χ0n) is 21.7. The first-order valence-electron chi connectivity index (χ1n) is 12.9. The van der Waals surface area contributed by atoms with E-state index in [2.05, 4.69) is 63.0 Å². The molecule has 8 rings (SSSR count). The van der Waals surface area contributed by atoms with Gasteiger partial charge in [-0.2, -0.15) is 0 Å². The summed E-state index contributed by atoms with van der Waals surface area (Å²) < 4.78 is 9.95. The van der Waals surface area contributed by atoms with E-state index in [0.717, 1.165) is 50.4 Å². The molecule has 3 aromatic heterocycles. The molecule has 197 valence electrons. The summed E-state index contributed by atoms with van der Waals surface area (Å²) >= 11 is 0. The minimum Gasteiger partial charge on any atom is -0.502 e. The van der Waals surface area contributed by atoms with Gasteiger partial charge in [-0.05, 0) is 28.5 Å². The first-order valence-corrected chi connectivity index (χ1v) is 12.9. The average molecular weight is 707 g/mol. The van der Waals surface area contributed by atoms with Crippen LogP contribution in [-0.4, -0.2) is 16.0 Å². The maximum atomic E-state index is 5.84. The van der Waals surface area contributed by atoms with Gasteiger partial charge in [0.25, 0.3) is 11.4 Å². The van der Waals surface area contributed by atoms with Crippen molar-refractivity contribution >= 4 is 50.8 Å². The predicted molar refractivity (Wildman–Crippen MR) is 160 cm³/mol. The zero-order chi connectivity index (χ0) is 26.7. The van der Waals surface area contributed by atoms with Crippen LogP contribution in [0.5, 0.6) is 0 Å². The molecule has 1 radical (unpaired) electrons. The Hall–Kier alpha value is -4.99. The van der Waals surface area contributed by atoms with Crippen LogP contribution in [0.15, 0.2) is 138 Å². The standard InChI is InChI=1S/C24H14N3O.C11H8N.Ir/c1-2-7-17(8-3-1)26-16-27(22-11-5-4-10-21(22)26)18-12-13-23-20(15-18)19-9-6-14-25-24(19)28-23;1-2-6-10(7-3-1)11-8-4-5-9-12-11;/h1-11,13-15H;1-6,8-9H;/q+1;-1;. The second kappa shape index (κ2) is 11.6. The number of pyridine rings is 2. The summed E-state index contributed by atoms with van der Waals surface area (Å²) in [6.07, 6.45) is 3.53. The first-order chi connectivity index (χ1) is 19.8. The number of hydrogen-bond donors (Lipinski definition) is 0. The fraction of sp³-hybridized carbons (Fsp3) is 0. The van der Waals surface area contributed by atoms with Gasteiger partial charge in [0.2, 0.25) is 11.4 Å². The van der Waals surface area contributed by atoms with Gasteiger partial charge in [-0.25, -0.2) is 4.98 Å². The topological polar surface area (TPSA) is 44.9 Å². The number of nitrogens with zero attached hydrogens (tertiary/aromatic N) is 4. The molecule has 0 bridgehead atoms. The van der Waals surface area contributed by atoms with Crippen LogP contribution in [-0.2, 0) is 20.1 Å². The Morgan fingerprint density at radius 1 is 0.659 bits per heavy atom. The Bertz CT molecular complexity index is 1990. The Kier molecular flexibility index (Phi) is 7.44. The fourth-order valence-electron chi connectivity index (χ4n) is 4.75. The van der Waals surface area contributed by atoms with E-state index in [1.165, 1.54) is 0 Å². The number of para-hydroxylation sites is 3. The third-order valence-corrected chi connectivity index (χ3v) is 6.63. The van der Waals surface area contributed by atoms with Crippen molar-refractivity contribution < 1.29 is 24.5 Å². The van der Waals surface area contributed by atoms with Crippen molar-refractivity contribution in [1.82, 2.24) is 19.1 Å². The molecule has 6 heteroatoms. The van der Waals surface area contributed by atoms with Crippen molar-refractivity contribution in [3.8, 4) is 11.3 Å². The van der Waals surface area contributed by atoms with E-state index in [9.17, 15) is 0 Å². The molecule has 41 heavy (non-hydrogen) atoms. The van der Waals surface area contributed by atoms with Crippen LogP contribution in [0.3, 0.4) is 0 Å². The van der Waals surface area contributed by atoms with Crippen LogP contribution in [0.1, 0.15) is 0 Å². The largest absolute Gasteiger partial charge is 0.502 e. The van der Waals surface area contributed by atoms with Crippen molar-refractivity contribution in [2.45, 2.75) is 0 Å². The van der Waals surface area contributed by atoms with Crippen molar-refractivity contribution in [1.29, 1.82) is 0 Å². The maximum absolute atomic E-state index is 5.84. The molecule has 0 spiro atoms. The Labute approximate surface area is 250 Å². The molecule has 0 unspecified atom stereocenters. The van der Waals surface area contributed by atoms with Gasteiger partial charge in [0.1, 0.15) is 5.69 Å². The number of aromatic nitrogens is 2. The van der Waals surface area contributed by atoms with Crippen molar-refractivity contribution in [3.05, 3.63) is 146 Å². The summed E-state index contributed by atoms with van der Waals surface area (Å²) in [7, 11) is 0. The molecule has 0 fully saturated rings. The quantitative estimate of drug-likeness (QED) is 0.138. The van der Waals surface area contributed by atoms with Crippen molar-refractivity contribution in [3.63, 3.8) is 0 Å². The van der Waals surface area contributed by atoms with Gasteiger partial charge < -0.3 is 9.40 Å². The molecule has 0 aliphatic carbocycles. The number of fused-ring (bicyclic) bond motifs is 4. The third-order valence-electron chi connectivity index (χ3n) is 6.63. The molecule has 0 saturated carbocycles. The first kappa shape index (κ1) is 26.2. The number of furan rings is 1. The molecule has 0 saturated heterocycles. The summed E-state index contributed by atoms with van der Waals surface area (Å²) in [6, 6.07) is 50.1. The number of rotatable bonds is 3. The molecule has 0 amide bonds. The van der Waals surface area contributed by atoms with E-state index in [1.54, 1.807) is 12.4 Å². The number of benzene rings is 4. The van der Waals surface area contributed by atoms with E-state index in [-0.39, 0.29) is 20.1 Å². The summed E-state index contributed by atoms with van der Waals surface area (Å²) in [5, 5.41) is 2.02. The van der Waals surface area contributed by atoms with Crippen LogP contribution in [0, 0.1) is 12.1 Å². The normalized spacial score (nSPS) is 11.6. The van der Waals surface area contributed by atoms with E-state index in [4.69, 9.17) is 4.42 Å². The summed E-state index contributed by atoms with van der Waals surface area (Å²) in [5.41, 5.74) is 7.56. The van der Waals surface area contributed by atoms with E-state index in [1.807, 2.05) is 95.6 Å². The van der Waals surface area contributed by atoms with Crippen LogP contribution >= 0.6 is 0 Å². The van der Waals surface area contributed by atoms with Gasteiger partial charge in [-0.1, -0.05) is 58.5 Å². The zero-order valence-corrected chi connectivity index (χ0v) is 24.1. The Balaban J connectivity index is 0.000000196. The molecule has 0 atom stereocenters. The Morgan fingerprint density at radius 2 is 1.41 bits per heavy atom. The fourth-order valence-corrected chi connectivity index (χ4v) is 4.75. The molecule has 4 heterocycles. The smallest absolute Gasteiger partial charge is 0.501 e. The van der Waals surface area contributed by atoms with Gasteiger partial charge in [0.05, 0.1) is 0 Å². The molecule has 1 aliphatic rings. The van der Waals surface area contributed by atoms with Crippen LogP contribution in [0.25, 0.3) is 33.3 Å². The monoisotopic (exact) mass is 707 g/mol. The summed E-state index contributed by atoms with van der Waals surface area (Å²) in [6.45, 7) is 0. The third kappa shape index (κ3) is 5.16. The second-order valence-corrected chi connectivity index (χ2v) is 9.14. The van der Waals surface area contributed by atoms with E-state index in [0.29, 0.717) is 5.71 Å². The summed E-state index contributed by atoms with van der Waals surface area (Å²) in [5.74, 6) is 0. The van der Waals surface area contributed by atoms with Gasteiger partial charge in [-0.3, -0.25) is 0 Å². The van der Waals surface area contributed by atoms with Crippen molar-refractivity contribution in [2.75, 3.05) is 0 Å². The minimum absolute atomic E-state index is 0. The van der Waals surface area contributed by atoms with Crippen LogP contribution < -0.4 is 9.15 Å². The molecule has 0 N–H and O–H groups in total. The Morgan fingerprint density at radius 3 is 2.20 bits per heavy atom. The molecule has 4 aromatic carbocycles. The number of hydrogen-bond acceptors (Lipinski definition) is 3. The van der Waals surface area contributed by atoms with Crippen LogP contribution in [0.2, 0.25) is 0 Å². The average Bonchev–Trinajstić information content (AvgIpc) is 3.61. The minimum atomic E-state index is 0. The van der Waals surface area contributed by atoms with Gasteiger partial charge in [0, 0.05) is 67.7 Å². The molecular formula is C35H22IrN4O.